The van der Waals surface area contributed by atoms with Crippen LogP contribution in [0.1, 0.15) is 66.2 Å². The van der Waals surface area contributed by atoms with Crippen LogP contribution in [0.5, 0.6) is 0 Å². The molecule has 0 aromatic rings. The Labute approximate surface area is 122 Å². The maximum absolute atomic E-state index is 12.8. The molecule has 2 aliphatic rings. The Morgan fingerprint density at radius 1 is 1.20 bits per heavy atom. The quantitative estimate of drug-likeness (QED) is 0.863. The second-order valence-corrected chi connectivity index (χ2v) is 6.85. The van der Waals surface area contributed by atoms with Crippen LogP contribution in [-0.4, -0.2) is 34.3 Å². The van der Waals surface area contributed by atoms with Gasteiger partial charge in [0.2, 0.25) is 11.8 Å². The zero-order valence-electron chi connectivity index (χ0n) is 13.2. The van der Waals surface area contributed by atoms with Crippen molar-refractivity contribution in [2.75, 3.05) is 0 Å². The lowest BCUT2D eigenvalue weighted by atomic mass is 9.81. The topological polar surface area (TPSA) is 49.4 Å². The van der Waals surface area contributed by atoms with Crippen molar-refractivity contribution < 1.29 is 9.59 Å². The predicted molar refractivity (Wildman–Crippen MR) is 79.2 cm³/mol. The first-order chi connectivity index (χ1) is 9.40. The molecule has 0 bridgehead atoms. The van der Waals surface area contributed by atoms with Gasteiger partial charge in [-0.1, -0.05) is 33.1 Å². The minimum absolute atomic E-state index is 0.00993. The first kappa shape index (κ1) is 15.3. The third-order valence-corrected chi connectivity index (χ3v) is 4.96. The van der Waals surface area contributed by atoms with E-state index in [2.05, 4.69) is 12.2 Å². The van der Waals surface area contributed by atoms with Gasteiger partial charge in [-0.15, -0.1) is 0 Å². The average Bonchev–Trinajstić information content (AvgIpc) is 2.42. The molecule has 2 amide bonds. The normalized spacial score (nSPS) is 34.0. The summed E-state index contributed by atoms with van der Waals surface area (Å²) in [5, 5.41) is 2.87. The predicted octanol–water partition coefficient (Wildman–Crippen LogP) is 2.47. The van der Waals surface area contributed by atoms with Gasteiger partial charge in [0.05, 0.1) is 0 Å². The molecule has 1 saturated heterocycles. The second-order valence-electron chi connectivity index (χ2n) is 6.85. The van der Waals surface area contributed by atoms with Gasteiger partial charge in [-0.05, 0) is 39.0 Å². The van der Waals surface area contributed by atoms with Gasteiger partial charge in [-0.3, -0.25) is 9.59 Å². The Morgan fingerprint density at radius 2 is 1.90 bits per heavy atom. The summed E-state index contributed by atoms with van der Waals surface area (Å²) in [6.07, 6.45) is 6.41. The Morgan fingerprint density at radius 3 is 2.50 bits per heavy atom. The number of piperazine rings is 1. The van der Waals surface area contributed by atoms with Crippen molar-refractivity contribution in [2.45, 2.75) is 83.8 Å². The van der Waals surface area contributed by atoms with E-state index in [4.69, 9.17) is 0 Å². The summed E-state index contributed by atoms with van der Waals surface area (Å²) in [5.74, 6) is 0.800. The summed E-state index contributed by atoms with van der Waals surface area (Å²) in [4.78, 5) is 27.0. The highest BCUT2D eigenvalue weighted by atomic mass is 16.2. The molecule has 4 heteroatoms. The lowest BCUT2D eigenvalue weighted by Gasteiger charge is -2.48. The summed E-state index contributed by atoms with van der Waals surface area (Å²) in [5.41, 5.74) is -0.762. The molecular weight excluding hydrogens is 252 g/mol. The van der Waals surface area contributed by atoms with Gasteiger partial charge in [0, 0.05) is 6.04 Å². The smallest absolute Gasteiger partial charge is 0.248 e. The van der Waals surface area contributed by atoms with Crippen LogP contribution in [0, 0.1) is 5.92 Å². The molecule has 0 spiro atoms. The standard InChI is InChI=1S/C16H28N2O2/c1-5-11-8-7-9-12(10-11)18-13(6-2)14(19)17-16(3,4)15(18)20/h11-13H,5-10H2,1-4H3,(H,17,19). The van der Waals surface area contributed by atoms with Crippen molar-refractivity contribution >= 4 is 11.8 Å². The molecule has 0 radical (unpaired) electrons. The van der Waals surface area contributed by atoms with Crippen LogP contribution in [0.3, 0.4) is 0 Å². The van der Waals surface area contributed by atoms with E-state index in [1.165, 1.54) is 19.3 Å². The minimum atomic E-state index is -0.762. The first-order valence-corrected chi connectivity index (χ1v) is 8.05. The number of hydrogen-bond donors (Lipinski definition) is 1. The van der Waals surface area contributed by atoms with Gasteiger partial charge < -0.3 is 10.2 Å². The van der Waals surface area contributed by atoms with E-state index in [-0.39, 0.29) is 23.9 Å². The van der Waals surface area contributed by atoms with Gasteiger partial charge in [-0.25, -0.2) is 0 Å². The lowest BCUT2D eigenvalue weighted by Crippen LogP contribution is -2.70. The summed E-state index contributed by atoms with van der Waals surface area (Å²) in [6.45, 7) is 7.83. The van der Waals surface area contributed by atoms with E-state index < -0.39 is 5.54 Å². The summed E-state index contributed by atoms with van der Waals surface area (Å²) in [6, 6.07) is -0.0346. The molecule has 0 aromatic heterocycles. The van der Waals surface area contributed by atoms with Crippen molar-refractivity contribution in [1.82, 2.24) is 10.2 Å². The number of carbonyl (C=O) groups excluding carboxylic acids is 2. The molecule has 2 rings (SSSR count). The SMILES string of the molecule is CCC1CCCC(N2C(=O)C(C)(C)NC(=O)C2CC)C1. The van der Waals surface area contributed by atoms with Crippen LogP contribution in [-0.2, 0) is 9.59 Å². The fraction of sp³-hybridized carbons (Fsp3) is 0.875. The van der Waals surface area contributed by atoms with Crippen molar-refractivity contribution in [2.24, 2.45) is 5.92 Å². The van der Waals surface area contributed by atoms with E-state index in [0.29, 0.717) is 12.3 Å². The lowest BCUT2D eigenvalue weighted by molar-refractivity contribution is -0.157. The van der Waals surface area contributed by atoms with Crippen LogP contribution in [0.2, 0.25) is 0 Å². The maximum atomic E-state index is 12.8. The van der Waals surface area contributed by atoms with E-state index in [1.54, 1.807) is 0 Å². The van der Waals surface area contributed by atoms with Gasteiger partial charge in [-0.2, -0.15) is 0 Å². The highest BCUT2D eigenvalue weighted by Gasteiger charge is 2.47. The van der Waals surface area contributed by atoms with Crippen molar-refractivity contribution in [3.05, 3.63) is 0 Å². The molecule has 114 valence electrons. The van der Waals surface area contributed by atoms with E-state index >= 15 is 0 Å². The van der Waals surface area contributed by atoms with Gasteiger partial charge in [0.25, 0.3) is 0 Å². The number of hydrogen-bond acceptors (Lipinski definition) is 2. The number of amides is 2. The monoisotopic (exact) mass is 280 g/mol. The third kappa shape index (κ3) is 2.70. The first-order valence-electron chi connectivity index (χ1n) is 8.05. The molecule has 20 heavy (non-hydrogen) atoms. The fourth-order valence-electron chi connectivity index (χ4n) is 3.72. The largest absolute Gasteiger partial charge is 0.340 e. The summed E-state index contributed by atoms with van der Waals surface area (Å²) >= 11 is 0. The molecule has 1 N–H and O–H groups in total. The average molecular weight is 280 g/mol. The Kier molecular flexibility index (Phi) is 4.40. The van der Waals surface area contributed by atoms with E-state index in [0.717, 1.165) is 12.8 Å². The molecule has 0 aromatic carbocycles. The minimum Gasteiger partial charge on any atom is -0.340 e. The summed E-state index contributed by atoms with van der Waals surface area (Å²) in [7, 11) is 0. The second kappa shape index (κ2) is 5.74. The number of nitrogens with zero attached hydrogens (tertiary/aromatic N) is 1. The van der Waals surface area contributed by atoms with Crippen molar-refractivity contribution in [3.63, 3.8) is 0 Å². The van der Waals surface area contributed by atoms with E-state index in [1.807, 2.05) is 25.7 Å². The molecule has 3 atom stereocenters. The van der Waals surface area contributed by atoms with Crippen molar-refractivity contribution in [3.8, 4) is 0 Å². The van der Waals surface area contributed by atoms with Crippen LogP contribution >= 0.6 is 0 Å². The maximum Gasteiger partial charge on any atom is 0.248 e. The molecule has 1 aliphatic carbocycles. The number of nitrogens with one attached hydrogen (secondary N) is 1. The molecule has 2 fully saturated rings. The molecule has 3 unspecified atom stereocenters. The zero-order valence-corrected chi connectivity index (χ0v) is 13.2. The fourth-order valence-corrected chi connectivity index (χ4v) is 3.72. The highest BCUT2D eigenvalue weighted by Crippen LogP contribution is 2.33. The molecule has 1 aliphatic heterocycles. The van der Waals surface area contributed by atoms with E-state index in [9.17, 15) is 9.59 Å². The number of rotatable bonds is 3. The van der Waals surface area contributed by atoms with Crippen LogP contribution < -0.4 is 5.32 Å². The highest BCUT2D eigenvalue weighted by molar-refractivity contribution is 5.99. The molecule has 4 nitrogen and oxygen atoms in total. The van der Waals surface area contributed by atoms with Gasteiger partial charge >= 0.3 is 0 Å². The van der Waals surface area contributed by atoms with Gasteiger partial charge in [0.1, 0.15) is 11.6 Å². The zero-order chi connectivity index (χ0) is 14.9. The van der Waals surface area contributed by atoms with Crippen LogP contribution in [0.15, 0.2) is 0 Å². The Bertz CT molecular complexity index is 392. The molecule has 1 heterocycles. The van der Waals surface area contributed by atoms with Crippen LogP contribution in [0.25, 0.3) is 0 Å². The molecule has 1 saturated carbocycles. The Balaban J connectivity index is 2.24. The molecular formula is C16H28N2O2. The Hall–Kier alpha value is -1.06. The summed E-state index contributed by atoms with van der Waals surface area (Å²) < 4.78 is 0. The number of carbonyl (C=O) groups is 2. The third-order valence-electron chi connectivity index (χ3n) is 4.96. The van der Waals surface area contributed by atoms with Crippen LogP contribution in [0.4, 0.5) is 0 Å². The van der Waals surface area contributed by atoms with Gasteiger partial charge in [0.15, 0.2) is 0 Å². The van der Waals surface area contributed by atoms with Crippen molar-refractivity contribution in [1.29, 1.82) is 0 Å².